The zero-order chi connectivity index (χ0) is 8.43. The minimum Gasteiger partial charge on any atom is -0.388 e. The normalized spacial score (nSPS) is 43.9. The molecule has 1 aliphatic carbocycles. The molecule has 0 aliphatic heterocycles. The lowest BCUT2D eigenvalue weighted by Gasteiger charge is -2.21. The van der Waals surface area contributed by atoms with Crippen molar-refractivity contribution < 1.29 is 0 Å². The Kier molecular flexibility index (Phi) is 2.58. The van der Waals surface area contributed by atoms with Gasteiger partial charge < -0.3 is 5.32 Å². The molecule has 1 N–H and O–H groups in total. The van der Waals surface area contributed by atoms with Gasteiger partial charge in [0.2, 0.25) is 0 Å². The van der Waals surface area contributed by atoms with Crippen molar-refractivity contribution in [2.45, 2.75) is 33.2 Å². The maximum absolute atomic E-state index is 3.71. The fraction of sp³-hybridized carbons (Fsp3) is 0.800. The minimum atomic E-state index is 0.655. The van der Waals surface area contributed by atoms with Crippen LogP contribution in [0.5, 0.6) is 0 Å². The van der Waals surface area contributed by atoms with Crippen LogP contribution in [0, 0.1) is 17.8 Å². The lowest BCUT2D eigenvalue weighted by atomic mass is 9.97. The van der Waals surface area contributed by atoms with Crippen molar-refractivity contribution in [3.63, 3.8) is 0 Å². The summed E-state index contributed by atoms with van der Waals surface area (Å²) < 4.78 is 0. The predicted molar refractivity (Wildman–Crippen MR) is 49.2 cm³/mol. The second-order valence-corrected chi connectivity index (χ2v) is 3.95. The third-order valence-corrected chi connectivity index (χ3v) is 3.13. The first-order chi connectivity index (χ1) is 5.16. The van der Waals surface area contributed by atoms with E-state index in [1.165, 1.54) is 6.42 Å². The van der Waals surface area contributed by atoms with E-state index < -0.39 is 0 Å². The standard InChI is InChI=1S/C10H19N/c1-5-11-10-8(3)6-7(2)9(10)4/h5,7-11H,1,6H2,2-4H3/t7?,8-,9?,10-/m0/s1. The van der Waals surface area contributed by atoms with Gasteiger partial charge in [0.15, 0.2) is 0 Å². The number of hydrogen-bond donors (Lipinski definition) is 1. The van der Waals surface area contributed by atoms with E-state index >= 15 is 0 Å². The van der Waals surface area contributed by atoms with Gasteiger partial charge in [-0.05, 0) is 30.4 Å². The summed E-state index contributed by atoms with van der Waals surface area (Å²) in [7, 11) is 0. The second-order valence-electron chi connectivity index (χ2n) is 3.95. The van der Waals surface area contributed by atoms with Crippen molar-refractivity contribution in [3.05, 3.63) is 12.8 Å². The summed E-state index contributed by atoms with van der Waals surface area (Å²) in [6, 6.07) is 0.655. The molecule has 11 heavy (non-hydrogen) atoms. The summed E-state index contributed by atoms with van der Waals surface area (Å²) in [6.45, 7) is 10.7. The molecule has 1 heteroatoms. The Balaban J connectivity index is 2.55. The summed E-state index contributed by atoms with van der Waals surface area (Å²) in [6.07, 6.45) is 3.18. The van der Waals surface area contributed by atoms with E-state index in [1.807, 2.05) is 6.20 Å². The fourth-order valence-electron chi connectivity index (χ4n) is 2.27. The van der Waals surface area contributed by atoms with Gasteiger partial charge >= 0.3 is 0 Å². The summed E-state index contributed by atoms with van der Waals surface area (Å²) in [5.74, 6) is 2.46. The lowest BCUT2D eigenvalue weighted by molar-refractivity contribution is 0.375. The summed E-state index contributed by atoms with van der Waals surface area (Å²) in [5.41, 5.74) is 0. The highest BCUT2D eigenvalue weighted by Gasteiger charge is 2.34. The van der Waals surface area contributed by atoms with Gasteiger partial charge in [0.05, 0.1) is 0 Å². The molecule has 0 spiro atoms. The molecule has 4 atom stereocenters. The van der Waals surface area contributed by atoms with Crippen LogP contribution in [0.25, 0.3) is 0 Å². The maximum Gasteiger partial charge on any atom is 0.0309 e. The molecule has 64 valence electrons. The van der Waals surface area contributed by atoms with Crippen molar-refractivity contribution in [1.29, 1.82) is 0 Å². The molecule has 0 saturated heterocycles. The van der Waals surface area contributed by atoms with Gasteiger partial charge in [-0.15, -0.1) is 0 Å². The first-order valence-electron chi connectivity index (χ1n) is 4.53. The zero-order valence-corrected chi connectivity index (χ0v) is 7.80. The largest absolute Gasteiger partial charge is 0.388 e. The zero-order valence-electron chi connectivity index (χ0n) is 7.80. The number of rotatable bonds is 2. The summed E-state index contributed by atoms with van der Waals surface area (Å²) in [5, 5.41) is 3.34. The van der Waals surface area contributed by atoms with Gasteiger partial charge in [-0.25, -0.2) is 0 Å². The Morgan fingerprint density at radius 1 is 1.27 bits per heavy atom. The van der Waals surface area contributed by atoms with E-state index in [0.717, 1.165) is 17.8 Å². The minimum absolute atomic E-state index is 0.655. The molecule has 1 aliphatic rings. The quantitative estimate of drug-likeness (QED) is 0.642. The molecule has 1 fully saturated rings. The van der Waals surface area contributed by atoms with Crippen LogP contribution in [0.1, 0.15) is 27.2 Å². The molecule has 0 amide bonds. The Hall–Kier alpha value is -0.460. The van der Waals surface area contributed by atoms with Gasteiger partial charge in [-0.3, -0.25) is 0 Å². The van der Waals surface area contributed by atoms with Crippen LogP contribution in [-0.2, 0) is 0 Å². The van der Waals surface area contributed by atoms with Crippen LogP contribution in [0.2, 0.25) is 0 Å². The Labute approximate surface area is 69.9 Å². The second kappa shape index (κ2) is 3.29. The molecular weight excluding hydrogens is 134 g/mol. The van der Waals surface area contributed by atoms with Gasteiger partial charge in [-0.2, -0.15) is 0 Å². The monoisotopic (exact) mass is 153 g/mol. The van der Waals surface area contributed by atoms with E-state index in [9.17, 15) is 0 Å². The first kappa shape index (κ1) is 8.63. The van der Waals surface area contributed by atoms with Crippen LogP contribution in [-0.4, -0.2) is 6.04 Å². The third-order valence-electron chi connectivity index (χ3n) is 3.13. The Bertz CT molecular complexity index is 142. The van der Waals surface area contributed by atoms with Crippen LogP contribution in [0.4, 0.5) is 0 Å². The number of nitrogens with one attached hydrogen (secondary N) is 1. The van der Waals surface area contributed by atoms with Crippen molar-refractivity contribution in [2.24, 2.45) is 17.8 Å². The molecule has 1 nitrogen and oxygen atoms in total. The highest BCUT2D eigenvalue weighted by atomic mass is 14.9. The molecule has 0 aromatic carbocycles. The van der Waals surface area contributed by atoms with Crippen LogP contribution in [0.3, 0.4) is 0 Å². The smallest absolute Gasteiger partial charge is 0.0309 e. The molecule has 1 saturated carbocycles. The van der Waals surface area contributed by atoms with Crippen molar-refractivity contribution in [1.82, 2.24) is 5.32 Å². The highest BCUT2D eigenvalue weighted by molar-refractivity contribution is 4.91. The van der Waals surface area contributed by atoms with E-state index in [4.69, 9.17) is 0 Å². The van der Waals surface area contributed by atoms with Crippen LogP contribution >= 0.6 is 0 Å². The third kappa shape index (κ3) is 1.58. The van der Waals surface area contributed by atoms with Gasteiger partial charge in [-0.1, -0.05) is 27.4 Å². The van der Waals surface area contributed by atoms with E-state index in [1.54, 1.807) is 0 Å². The average molecular weight is 153 g/mol. The average Bonchev–Trinajstić information content (AvgIpc) is 2.17. The van der Waals surface area contributed by atoms with Gasteiger partial charge in [0, 0.05) is 6.04 Å². The summed E-state index contributed by atoms with van der Waals surface area (Å²) in [4.78, 5) is 0. The van der Waals surface area contributed by atoms with Crippen molar-refractivity contribution in [2.75, 3.05) is 0 Å². The first-order valence-corrected chi connectivity index (χ1v) is 4.53. The molecule has 0 aromatic heterocycles. The van der Waals surface area contributed by atoms with Crippen molar-refractivity contribution in [3.8, 4) is 0 Å². The molecule has 2 unspecified atom stereocenters. The van der Waals surface area contributed by atoms with E-state index in [-0.39, 0.29) is 0 Å². The SMILES string of the molecule is C=CN[C@@H]1C(C)C(C)C[C@@H]1C. The maximum atomic E-state index is 3.71. The van der Waals surface area contributed by atoms with Gasteiger partial charge in [0.1, 0.15) is 0 Å². The van der Waals surface area contributed by atoms with E-state index in [0.29, 0.717) is 6.04 Å². The molecule has 0 aromatic rings. The van der Waals surface area contributed by atoms with E-state index in [2.05, 4.69) is 32.7 Å². The molecule has 0 bridgehead atoms. The van der Waals surface area contributed by atoms with Gasteiger partial charge in [0.25, 0.3) is 0 Å². The molecule has 0 radical (unpaired) electrons. The highest BCUT2D eigenvalue weighted by Crippen LogP contribution is 2.35. The Morgan fingerprint density at radius 3 is 2.27 bits per heavy atom. The van der Waals surface area contributed by atoms with Crippen LogP contribution in [0.15, 0.2) is 12.8 Å². The number of hydrogen-bond acceptors (Lipinski definition) is 1. The lowest BCUT2D eigenvalue weighted by Crippen LogP contribution is -2.32. The topological polar surface area (TPSA) is 12.0 Å². The fourth-order valence-corrected chi connectivity index (χ4v) is 2.27. The molecule has 1 rings (SSSR count). The van der Waals surface area contributed by atoms with Crippen LogP contribution < -0.4 is 5.32 Å². The van der Waals surface area contributed by atoms with Crippen molar-refractivity contribution >= 4 is 0 Å². The Morgan fingerprint density at radius 2 is 1.91 bits per heavy atom. The molecular formula is C10H19N. The summed E-state index contributed by atoms with van der Waals surface area (Å²) >= 11 is 0. The molecule has 0 heterocycles. The predicted octanol–water partition coefficient (Wildman–Crippen LogP) is 2.40.